The van der Waals surface area contributed by atoms with Crippen molar-refractivity contribution in [3.8, 4) is 0 Å². The maximum atomic E-state index is 10.7. The molecule has 0 aromatic heterocycles. The molecule has 0 aliphatic rings. The molecular formula is C13H19ClN2O3. The fourth-order valence-corrected chi connectivity index (χ4v) is 1.66. The summed E-state index contributed by atoms with van der Waals surface area (Å²) >= 11 is 5.49. The highest BCUT2D eigenvalue weighted by Gasteiger charge is 2.12. The zero-order valence-corrected chi connectivity index (χ0v) is 11.0. The van der Waals surface area contributed by atoms with Crippen LogP contribution in [0.4, 0.5) is 5.69 Å². The predicted molar refractivity (Wildman–Crippen MR) is 75.8 cm³/mol. The summed E-state index contributed by atoms with van der Waals surface area (Å²) in [5.41, 5.74) is 6.40. The number of benzene rings is 1. The van der Waals surface area contributed by atoms with Crippen molar-refractivity contribution in [1.29, 1.82) is 0 Å². The molecular weight excluding hydrogens is 268 g/mol. The fraction of sp³-hybridized carbons (Fsp3) is 0.462. The molecule has 0 saturated heterocycles. The van der Waals surface area contributed by atoms with Crippen molar-refractivity contribution >= 4 is 23.3 Å². The van der Waals surface area contributed by atoms with E-state index in [0.29, 0.717) is 11.3 Å². The quantitative estimate of drug-likeness (QED) is 0.613. The molecule has 0 radical (unpaired) electrons. The van der Waals surface area contributed by atoms with Gasteiger partial charge in [-0.1, -0.05) is 12.1 Å². The Kier molecular flexibility index (Phi) is 4.41. The van der Waals surface area contributed by atoms with Crippen molar-refractivity contribution in [3.05, 3.63) is 29.8 Å². The van der Waals surface area contributed by atoms with Gasteiger partial charge in [-0.25, -0.2) is 0 Å². The van der Waals surface area contributed by atoms with Gasteiger partial charge in [0.25, 0.3) is 0 Å². The second-order valence-electron chi connectivity index (χ2n) is 3.90. The molecule has 0 amide bonds. The van der Waals surface area contributed by atoms with Crippen molar-refractivity contribution < 1.29 is 20.5 Å². The summed E-state index contributed by atoms with van der Waals surface area (Å²) < 4.78 is 30.6. The van der Waals surface area contributed by atoms with Crippen molar-refractivity contribution in [3.63, 3.8) is 0 Å². The van der Waals surface area contributed by atoms with Gasteiger partial charge in [0.2, 0.25) is 0 Å². The fourth-order valence-electron chi connectivity index (χ4n) is 1.55. The van der Waals surface area contributed by atoms with Crippen LogP contribution >= 0.6 is 11.6 Å². The number of aliphatic carboxylic acids is 1. The van der Waals surface area contributed by atoms with E-state index in [2.05, 4.69) is 0 Å². The normalized spacial score (nSPS) is 16.8. The molecule has 1 aromatic rings. The molecule has 0 unspecified atom stereocenters. The van der Waals surface area contributed by atoms with Crippen molar-refractivity contribution in [2.75, 3.05) is 30.4 Å². The number of aliphatic hydroxyl groups is 1. The van der Waals surface area contributed by atoms with E-state index in [1.807, 2.05) is 0 Å². The van der Waals surface area contributed by atoms with Crippen LogP contribution in [0.15, 0.2) is 24.3 Å². The first-order valence-corrected chi connectivity index (χ1v) is 6.03. The first-order chi connectivity index (χ1) is 10.5. The zero-order chi connectivity index (χ0) is 17.8. The van der Waals surface area contributed by atoms with Gasteiger partial charge in [0.15, 0.2) is 0 Å². The molecule has 0 aliphatic heterocycles. The van der Waals surface area contributed by atoms with Gasteiger partial charge in [0, 0.05) is 27.3 Å². The van der Waals surface area contributed by atoms with Crippen LogP contribution in [0.5, 0.6) is 0 Å². The van der Waals surface area contributed by atoms with E-state index < -0.39 is 30.9 Å². The van der Waals surface area contributed by atoms with Crippen LogP contribution in [0.1, 0.15) is 11.0 Å². The molecule has 4 N–H and O–H groups in total. The van der Waals surface area contributed by atoms with E-state index >= 15 is 0 Å². The van der Waals surface area contributed by atoms with E-state index in [4.69, 9.17) is 33.0 Å². The molecule has 0 aliphatic carbocycles. The summed E-state index contributed by atoms with van der Waals surface area (Å²) in [4.78, 5) is 11.8. The lowest BCUT2D eigenvalue weighted by Gasteiger charge is -2.23. The average Bonchev–Trinajstić information content (AvgIpc) is 2.44. The number of carboxylic acids is 1. The van der Waals surface area contributed by atoms with Gasteiger partial charge in [0.1, 0.15) is 6.04 Å². The number of nitrogens with two attached hydrogens (primary N) is 1. The minimum atomic E-state index is -2.67. The van der Waals surface area contributed by atoms with Crippen molar-refractivity contribution in [2.24, 2.45) is 5.73 Å². The highest BCUT2D eigenvalue weighted by atomic mass is 35.5. The van der Waals surface area contributed by atoms with Gasteiger partial charge in [-0.3, -0.25) is 4.79 Å². The third-order valence-corrected chi connectivity index (χ3v) is 2.61. The molecule has 1 aromatic carbocycles. The maximum absolute atomic E-state index is 10.7. The lowest BCUT2D eigenvalue weighted by Crippen LogP contribution is -2.32. The minimum Gasteiger partial charge on any atom is -0.480 e. The SMILES string of the molecule is [2H]C([2H])(Cl)C([2H])([2H])N(CCO)c1ccc(C[C@H](N)C(=O)O)cc1. The summed E-state index contributed by atoms with van der Waals surface area (Å²) in [5.74, 6) is -3.80. The molecule has 0 spiro atoms. The first kappa shape index (κ1) is 10.5. The number of alkyl halides is 1. The smallest absolute Gasteiger partial charge is 0.320 e. The number of carbonyl (C=O) groups is 1. The number of hydrogen-bond acceptors (Lipinski definition) is 4. The van der Waals surface area contributed by atoms with Gasteiger partial charge < -0.3 is 20.8 Å². The lowest BCUT2D eigenvalue weighted by molar-refractivity contribution is -0.138. The van der Waals surface area contributed by atoms with Gasteiger partial charge in [-0.2, -0.15) is 0 Å². The van der Waals surface area contributed by atoms with Crippen LogP contribution in [0.25, 0.3) is 0 Å². The Morgan fingerprint density at radius 1 is 1.47 bits per heavy atom. The Morgan fingerprint density at radius 3 is 2.58 bits per heavy atom. The monoisotopic (exact) mass is 290 g/mol. The maximum Gasteiger partial charge on any atom is 0.320 e. The van der Waals surface area contributed by atoms with Crippen LogP contribution < -0.4 is 10.6 Å². The van der Waals surface area contributed by atoms with Crippen LogP contribution in [-0.2, 0) is 11.2 Å². The number of rotatable bonds is 8. The van der Waals surface area contributed by atoms with Gasteiger partial charge in [-0.15, -0.1) is 11.6 Å². The summed E-state index contributed by atoms with van der Waals surface area (Å²) in [6.45, 7) is -3.11. The van der Waals surface area contributed by atoms with E-state index in [0.717, 1.165) is 4.90 Å². The molecule has 1 rings (SSSR count). The molecule has 1 atom stereocenters. The van der Waals surface area contributed by atoms with E-state index in [9.17, 15) is 4.79 Å². The number of nitrogens with zero attached hydrogens (tertiary/aromatic N) is 1. The number of hydrogen-bond donors (Lipinski definition) is 3. The summed E-state index contributed by atoms with van der Waals surface area (Å²) in [6, 6.07) is 5.10. The van der Waals surface area contributed by atoms with Gasteiger partial charge in [0.05, 0.1) is 9.35 Å². The highest BCUT2D eigenvalue weighted by Crippen LogP contribution is 2.16. The number of halogens is 1. The largest absolute Gasteiger partial charge is 0.480 e. The number of anilines is 1. The van der Waals surface area contributed by atoms with Gasteiger partial charge >= 0.3 is 5.97 Å². The molecule has 6 heteroatoms. The van der Waals surface area contributed by atoms with Crippen LogP contribution in [0, 0.1) is 0 Å². The van der Waals surface area contributed by atoms with Crippen molar-refractivity contribution in [1.82, 2.24) is 0 Å². The second kappa shape index (κ2) is 7.99. The van der Waals surface area contributed by atoms with Crippen LogP contribution in [0.2, 0.25) is 0 Å². The molecule has 0 saturated carbocycles. The standard InChI is InChI=1S/C13H19ClN2O3/c14-5-6-16(7-8-17)11-3-1-10(2-4-11)9-12(15)13(18)19/h1-4,12,17H,5-9,15H2,(H,18,19)/t12-/m0/s1/i5D2,6D2. The van der Waals surface area contributed by atoms with E-state index in [-0.39, 0.29) is 13.0 Å². The minimum absolute atomic E-state index is 0.110. The van der Waals surface area contributed by atoms with E-state index in [1.54, 1.807) is 12.1 Å². The Balaban J connectivity index is 3.04. The lowest BCUT2D eigenvalue weighted by atomic mass is 10.1. The van der Waals surface area contributed by atoms with Crippen molar-refractivity contribution in [2.45, 2.75) is 12.5 Å². The Morgan fingerprint density at radius 2 is 2.11 bits per heavy atom. The topological polar surface area (TPSA) is 86.8 Å². The zero-order valence-electron chi connectivity index (χ0n) is 14.2. The van der Waals surface area contributed by atoms with E-state index in [1.165, 1.54) is 12.1 Å². The number of aliphatic hydroxyl groups excluding tert-OH is 1. The van der Waals surface area contributed by atoms with Crippen LogP contribution in [0.3, 0.4) is 0 Å². The molecule has 5 nitrogen and oxygen atoms in total. The summed E-state index contributed by atoms with van der Waals surface area (Å²) in [6.07, 6.45) is 0.110. The van der Waals surface area contributed by atoms with Gasteiger partial charge in [-0.05, 0) is 24.1 Å². The molecule has 0 heterocycles. The Labute approximate surface area is 123 Å². The second-order valence-corrected chi connectivity index (χ2v) is 4.09. The summed E-state index contributed by atoms with van der Waals surface area (Å²) in [5, 5.41) is 17.9. The third-order valence-electron chi connectivity index (χ3n) is 2.52. The molecule has 106 valence electrons. The molecule has 0 fully saturated rings. The Hall–Kier alpha value is -1.30. The van der Waals surface area contributed by atoms with Crippen LogP contribution in [-0.4, -0.2) is 47.7 Å². The molecule has 19 heavy (non-hydrogen) atoms. The average molecular weight is 291 g/mol. The predicted octanol–water partition coefficient (Wildman–Crippen LogP) is 0.678. The molecule has 0 bridgehead atoms. The Bertz CT molecular complexity index is 537. The summed E-state index contributed by atoms with van der Waals surface area (Å²) in [7, 11) is 0. The first-order valence-electron chi connectivity index (χ1n) is 7.65. The third kappa shape index (κ3) is 5.06. The number of carboxylic acid groups (broad SMARTS) is 1. The highest BCUT2D eigenvalue weighted by molar-refractivity contribution is 6.18.